The highest BCUT2D eigenvalue weighted by molar-refractivity contribution is 7.92. The molecule has 0 saturated heterocycles. The lowest BCUT2D eigenvalue weighted by Gasteiger charge is -2.09. The number of carbonyl (C=O) groups excluding carboxylic acids is 2. The Morgan fingerprint density at radius 1 is 0.923 bits per heavy atom. The van der Waals surface area contributed by atoms with Crippen LogP contribution in [-0.2, 0) is 19.4 Å². The van der Waals surface area contributed by atoms with E-state index in [4.69, 9.17) is 23.2 Å². The highest BCUT2D eigenvalue weighted by Gasteiger charge is 2.21. The molecule has 0 aromatic heterocycles. The lowest BCUT2D eigenvalue weighted by atomic mass is 10.3. The van der Waals surface area contributed by atoms with E-state index >= 15 is 0 Å². The monoisotopic (exact) mass is 418 g/mol. The van der Waals surface area contributed by atoms with E-state index < -0.39 is 39.0 Å². The molecule has 2 aromatic carbocycles. The van der Waals surface area contributed by atoms with Crippen LogP contribution in [0.2, 0.25) is 10.0 Å². The summed E-state index contributed by atoms with van der Waals surface area (Å²) in [6.07, 6.45) is 0. The third kappa shape index (κ3) is 6.29. The van der Waals surface area contributed by atoms with Gasteiger partial charge in [0.2, 0.25) is 11.8 Å². The number of amides is 2. The molecule has 138 valence electrons. The van der Waals surface area contributed by atoms with Crippen LogP contribution in [0.4, 0.5) is 15.8 Å². The number of rotatable bonds is 6. The van der Waals surface area contributed by atoms with Crippen molar-refractivity contribution in [1.82, 2.24) is 0 Å². The van der Waals surface area contributed by atoms with Crippen LogP contribution in [0.1, 0.15) is 0 Å². The molecule has 0 aliphatic heterocycles. The number of anilines is 2. The Balaban J connectivity index is 1.93. The first-order chi connectivity index (χ1) is 12.1. The number of halogens is 3. The standard InChI is InChI=1S/C16H13Cl2FN2O4S/c17-10-1-6-14(13(18)7-10)21-16(23)9-26(24,25)8-15(22)20-12-4-2-11(19)3-5-12/h1-7H,8-9H2,(H,20,22)(H,21,23). The Morgan fingerprint density at radius 2 is 1.50 bits per heavy atom. The first-order valence-corrected chi connectivity index (χ1v) is 9.73. The molecule has 2 N–H and O–H groups in total. The van der Waals surface area contributed by atoms with Crippen molar-refractivity contribution in [3.05, 3.63) is 58.3 Å². The van der Waals surface area contributed by atoms with Gasteiger partial charge in [-0.05, 0) is 42.5 Å². The molecule has 26 heavy (non-hydrogen) atoms. The predicted octanol–water partition coefficient (Wildman–Crippen LogP) is 3.12. The lowest BCUT2D eigenvalue weighted by Crippen LogP contribution is -2.30. The molecule has 0 saturated carbocycles. The van der Waals surface area contributed by atoms with Gasteiger partial charge in [-0.2, -0.15) is 0 Å². The first kappa shape index (κ1) is 20.2. The van der Waals surface area contributed by atoms with Gasteiger partial charge < -0.3 is 10.6 Å². The van der Waals surface area contributed by atoms with Crippen LogP contribution >= 0.6 is 23.2 Å². The van der Waals surface area contributed by atoms with Crippen molar-refractivity contribution in [2.75, 3.05) is 22.1 Å². The zero-order valence-corrected chi connectivity index (χ0v) is 15.5. The van der Waals surface area contributed by atoms with E-state index in [1.807, 2.05) is 0 Å². The SMILES string of the molecule is O=C(CS(=O)(=O)CC(=O)Nc1ccc(Cl)cc1Cl)Nc1ccc(F)cc1. The lowest BCUT2D eigenvalue weighted by molar-refractivity contribution is -0.114. The molecule has 10 heteroatoms. The Morgan fingerprint density at radius 3 is 2.08 bits per heavy atom. The van der Waals surface area contributed by atoms with Crippen LogP contribution in [0, 0.1) is 5.82 Å². The summed E-state index contributed by atoms with van der Waals surface area (Å²) in [4.78, 5) is 23.7. The summed E-state index contributed by atoms with van der Waals surface area (Å²) in [5.41, 5.74) is 0.441. The van der Waals surface area contributed by atoms with E-state index in [2.05, 4.69) is 10.6 Å². The van der Waals surface area contributed by atoms with Gasteiger partial charge in [0.25, 0.3) is 0 Å². The Labute approximate surface area is 159 Å². The van der Waals surface area contributed by atoms with Crippen molar-refractivity contribution >= 4 is 56.2 Å². The molecule has 2 aromatic rings. The van der Waals surface area contributed by atoms with E-state index in [-0.39, 0.29) is 16.4 Å². The fourth-order valence-electron chi connectivity index (χ4n) is 1.96. The van der Waals surface area contributed by atoms with Crippen molar-refractivity contribution in [3.8, 4) is 0 Å². The smallest absolute Gasteiger partial charge is 0.239 e. The first-order valence-electron chi connectivity index (χ1n) is 7.15. The fraction of sp³-hybridized carbons (Fsp3) is 0.125. The molecule has 0 atom stereocenters. The van der Waals surface area contributed by atoms with Crippen molar-refractivity contribution in [1.29, 1.82) is 0 Å². The van der Waals surface area contributed by atoms with Crippen LogP contribution in [0.25, 0.3) is 0 Å². The third-order valence-electron chi connectivity index (χ3n) is 3.04. The Hall–Kier alpha value is -2.16. The zero-order chi connectivity index (χ0) is 19.3. The van der Waals surface area contributed by atoms with E-state index in [1.165, 1.54) is 30.3 Å². The van der Waals surface area contributed by atoms with Gasteiger partial charge >= 0.3 is 0 Å². The fourth-order valence-corrected chi connectivity index (χ4v) is 3.46. The molecule has 0 heterocycles. The minimum Gasteiger partial charge on any atom is -0.325 e. The molecular weight excluding hydrogens is 406 g/mol. The van der Waals surface area contributed by atoms with E-state index in [1.54, 1.807) is 0 Å². The maximum absolute atomic E-state index is 12.8. The topological polar surface area (TPSA) is 92.3 Å². The van der Waals surface area contributed by atoms with E-state index in [9.17, 15) is 22.4 Å². The van der Waals surface area contributed by atoms with Gasteiger partial charge in [-0.15, -0.1) is 0 Å². The number of sulfone groups is 1. The maximum atomic E-state index is 12.8. The van der Waals surface area contributed by atoms with Gasteiger partial charge in [-0.25, -0.2) is 12.8 Å². The minimum absolute atomic E-state index is 0.150. The maximum Gasteiger partial charge on any atom is 0.239 e. The highest BCUT2D eigenvalue weighted by atomic mass is 35.5. The van der Waals surface area contributed by atoms with Crippen molar-refractivity contribution in [2.45, 2.75) is 0 Å². The van der Waals surface area contributed by atoms with Gasteiger partial charge in [0.1, 0.15) is 17.3 Å². The summed E-state index contributed by atoms with van der Waals surface area (Å²) in [6, 6.07) is 9.11. The zero-order valence-electron chi connectivity index (χ0n) is 13.1. The van der Waals surface area contributed by atoms with Crippen molar-refractivity contribution in [2.24, 2.45) is 0 Å². The number of hydrogen-bond donors (Lipinski definition) is 2. The molecule has 0 radical (unpaired) electrons. The highest BCUT2D eigenvalue weighted by Crippen LogP contribution is 2.25. The van der Waals surface area contributed by atoms with Gasteiger partial charge in [-0.1, -0.05) is 23.2 Å². The minimum atomic E-state index is -4.02. The second kappa shape index (κ2) is 8.48. The summed E-state index contributed by atoms with van der Waals surface area (Å²) in [6.45, 7) is 0. The largest absolute Gasteiger partial charge is 0.325 e. The van der Waals surface area contributed by atoms with Gasteiger partial charge in [-0.3, -0.25) is 9.59 Å². The van der Waals surface area contributed by atoms with Gasteiger partial charge in [0.15, 0.2) is 9.84 Å². The number of nitrogens with one attached hydrogen (secondary N) is 2. The summed E-state index contributed by atoms with van der Waals surface area (Å²) < 4.78 is 36.8. The van der Waals surface area contributed by atoms with E-state index in [0.717, 1.165) is 12.1 Å². The van der Waals surface area contributed by atoms with Gasteiger partial charge in [0.05, 0.1) is 10.7 Å². The van der Waals surface area contributed by atoms with Crippen LogP contribution in [0.3, 0.4) is 0 Å². The quantitative estimate of drug-likeness (QED) is 0.753. The van der Waals surface area contributed by atoms with Crippen LogP contribution in [-0.4, -0.2) is 31.7 Å². The van der Waals surface area contributed by atoms with Gasteiger partial charge in [0, 0.05) is 10.7 Å². The predicted molar refractivity (Wildman–Crippen MR) is 98.8 cm³/mol. The molecule has 2 rings (SSSR count). The third-order valence-corrected chi connectivity index (χ3v) is 4.99. The Bertz CT molecular complexity index is 934. The van der Waals surface area contributed by atoms with Crippen LogP contribution in [0.15, 0.2) is 42.5 Å². The molecule has 0 bridgehead atoms. The number of hydrogen-bond acceptors (Lipinski definition) is 4. The van der Waals surface area contributed by atoms with Crippen molar-refractivity contribution < 1.29 is 22.4 Å². The summed E-state index contributed by atoms with van der Waals surface area (Å²) in [5, 5.41) is 5.16. The van der Waals surface area contributed by atoms with Crippen molar-refractivity contribution in [3.63, 3.8) is 0 Å². The average Bonchev–Trinajstić information content (AvgIpc) is 2.51. The average molecular weight is 419 g/mol. The molecular formula is C16H13Cl2FN2O4S. The second-order valence-corrected chi connectivity index (χ2v) is 8.17. The van der Waals surface area contributed by atoms with Crippen LogP contribution in [0.5, 0.6) is 0 Å². The number of carbonyl (C=O) groups is 2. The summed E-state index contributed by atoms with van der Waals surface area (Å²) in [7, 11) is -4.02. The molecule has 0 unspecified atom stereocenters. The molecule has 0 spiro atoms. The second-order valence-electron chi connectivity index (χ2n) is 5.26. The van der Waals surface area contributed by atoms with Crippen LogP contribution < -0.4 is 10.6 Å². The molecule has 0 aliphatic carbocycles. The van der Waals surface area contributed by atoms with E-state index in [0.29, 0.717) is 5.02 Å². The number of benzene rings is 2. The molecule has 6 nitrogen and oxygen atoms in total. The normalized spacial score (nSPS) is 11.0. The molecule has 0 aliphatic rings. The summed E-state index contributed by atoms with van der Waals surface area (Å²) >= 11 is 11.6. The summed E-state index contributed by atoms with van der Waals surface area (Å²) in [5.74, 6) is -3.97. The molecule has 2 amide bonds. The Kier molecular flexibility index (Phi) is 6.57. The molecule has 0 fully saturated rings.